The Bertz CT molecular complexity index is 407. The van der Waals surface area contributed by atoms with Gasteiger partial charge >= 0.3 is 6.09 Å². The summed E-state index contributed by atoms with van der Waals surface area (Å²) in [6.07, 6.45) is 1.53. The molecule has 7 heteroatoms. The minimum atomic E-state index is -0.309. The molecule has 0 unspecified atom stereocenters. The van der Waals surface area contributed by atoms with Crippen LogP contribution in [-0.2, 0) is 16.1 Å². The van der Waals surface area contributed by atoms with E-state index in [0.717, 1.165) is 12.8 Å². The zero-order chi connectivity index (χ0) is 13.0. The lowest BCUT2D eigenvalue weighted by Crippen LogP contribution is -2.39. The van der Waals surface area contributed by atoms with E-state index in [1.807, 2.05) is 0 Å². The van der Waals surface area contributed by atoms with Gasteiger partial charge in [0.15, 0.2) is 5.82 Å². The van der Waals surface area contributed by atoms with Gasteiger partial charge < -0.3 is 18.9 Å². The van der Waals surface area contributed by atoms with Gasteiger partial charge in [-0.05, 0) is 12.8 Å². The van der Waals surface area contributed by atoms with Crippen LogP contribution in [0.3, 0.4) is 0 Å². The molecule has 1 aliphatic heterocycles. The van der Waals surface area contributed by atoms with Crippen molar-refractivity contribution in [3.63, 3.8) is 0 Å². The van der Waals surface area contributed by atoms with E-state index < -0.39 is 0 Å². The topological polar surface area (TPSA) is 77.7 Å². The fourth-order valence-electron chi connectivity index (χ4n) is 2.09. The van der Waals surface area contributed by atoms with Crippen LogP contribution in [-0.4, -0.2) is 48.4 Å². The second-order valence-corrected chi connectivity index (χ2v) is 4.24. The number of likely N-dealkylation sites (tertiary alicyclic amines) is 1. The molecule has 0 aliphatic carbocycles. The van der Waals surface area contributed by atoms with Crippen LogP contribution >= 0.6 is 0 Å². The number of amides is 1. The molecule has 1 amide bonds. The molecule has 0 N–H and O–H groups in total. The molecule has 2 rings (SSSR count). The Hall–Kier alpha value is -1.63. The van der Waals surface area contributed by atoms with Crippen LogP contribution in [0.25, 0.3) is 0 Å². The first-order valence-electron chi connectivity index (χ1n) is 5.89. The van der Waals surface area contributed by atoms with Crippen molar-refractivity contribution in [3.05, 3.63) is 11.7 Å². The summed E-state index contributed by atoms with van der Waals surface area (Å²) in [4.78, 5) is 17.4. The van der Waals surface area contributed by atoms with Gasteiger partial charge in [0.2, 0.25) is 5.89 Å². The van der Waals surface area contributed by atoms with Crippen molar-refractivity contribution in [2.45, 2.75) is 25.4 Å². The van der Waals surface area contributed by atoms with Crippen molar-refractivity contribution < 1.29 is 18.8 Å². The number of ether oxygens (including phenoxy) is 2. The lowest BCUT2D eigenvalue weighted by molar-refractivity contribution is 0.107. The smallest absolute Gasteiger partial charge is 0.409 e. The molecule has 18 heavy (non-hydrogen) atoms. The van der Waals surface area contributed by atoms with Gasteiger partial charge in [0.25, 0.3) is 0 Å². The highest BCUT2D eigenvalue weighted by molar-refractivity contribution is 5.67. The van der Waals surface area contributed by atoms with Gasteiger partial charge in [-0.2, -0.15) is 4.98 Å². The Balaban J connectivity index is 2.01. The van der Waals surface area contributed by atoms with E-state index in [-0.39, 0.29) is 12.0 Å². The van der Waals surface area contributed by atoms with E-state index >= 15 is 0 Å². The van der Waals surface area contributed by atoms with Crippen molar-refractivity contribution in [1.29, 1.82) is 0 Å². The second-order valence-electron chi connectivity index (χ2n) is 4.24. The van der Waals surface area contributed by atoms with Gasteiger partial charge in [0.1, 0.15) is 6.61 Å². The number of piperidine rings is 1. The van der Waals surface area contributed by atoms with E-state index in [2.05, 4.69) is 10.1 Å². The summed E-state index contributed by atoms with van der Waals surface area (Å²) < 4.78 is 14.9. The minimum absolute atomic E-state index is 0.0796. The number of carbonyl (C=O) groups excluding carboxylic acids is 1. The molecular formula is C11H17N3O4. The fourth-order valence-corrected chi connectivity index (χ4v) is 2.09. The third-order valence-corrected chi connectivity index (χ3v) is 2.96. The monoisotopic (exact) mass is 255 g/mol. The van der Waals surface area contributed by atoms with Crippen LogP contribution in [0, 0.1) is 0 Å². The molecule has 1 fully saturated rings. The van der Waals surface area contributed by atoms with E-state index in [1.165, 1.54) is 7.11 Å². The molecule has 7 nitrogen and oxygen atoms in total. The second kappa shape index (κ2) is 5.81. The van der Waals surface area contributed by atoms with Gasteiger partial charge in [-0.1, -0.05) is 5.16 Å². The van der Waals surface area contributed by atoms with E-state index in [0.29, 0.717) is 31.4 Å². The highest BCUT2D eigenvalue weighted by Gasteiger charge is 2.28. The van der Waals surface area contributed by atoms with Gasteiger partial charge in [-0.25, -0.2) is 4.79 Å². The average Bonchev–Trinajstić information content (AvgIpc) is 2.87. The number of methoxy groups -OCH3 is 2. The van der Waals surface area contributed by atoms with Gasteiger partial charge in [-0.15, -0.1) is 0 Å². The van der Waals surface area contributed by atoms with Gasteiger partial charge in [0, 0.05) is 20.2 Å². The van der Waals surface area contributed by atoms with Crippen molar-refractivity contribution in [3.8, 4) is 0 Å². The van der Waals surface area contributed by atoms with Crippen LogP contribution in [0.4, 0.5) is 4.79 Å². The molecule has 1 aromatic rings. The normalized spacial score (nSPS) is 19.9. The maximum absolute atomic E-state index is 11.5. The summed E-state index contributed by atoms with van der Waals surface area (Å²) in [6.45, 7) is 1.60. The summed E-state index contributed by atoms with van der Waals surface area (Å²) in [6, 6.07) is 0. The zero-order valence-corrected chi connectivity index (χ0v) is 10.6. The summed E-state index contributed by atoms with van der Waals surface area (Å²) in [7, 11) is 2.96. The maximum atomic E-state index is 11.5. The van der Waals surface area contributed by atoms with E-state index in [1.54, 1.807) is 12.0 Å². The highest BCUT2D eigenvalue weighted by atomic mass is 16.5. The van der Waals surface area contributed by atoms with Gasteiger partial charge in [-0.3, -0.25) is 0 Å². The zero-order valence-electron chi connectivity index (χ0n) is 10.6. The SMILES string of the molecule is COCc1noc([C@@H]2CCCN(C(=O)OC)C2)n1. The van der Waals surface area contributed by atoms with E-state index in [9.17, 15) is 4.79 Å². The van der Waals surface area contributed by atoms with Crippen LogP contribution in [0.2, 0.25) is 0 Å². The Morgan fingerprint density at radius 2 is 2.39 bits per heavy atom. The first-order chi connectivity index (χ1) is 8.74. The third-order valence-electron chi connectivity index (χ3n) is 2.96. The summed E-state index contributed by atoms with van der Waals surface area (Å²) >= 11 is 0. The fraction of sp³-hybridized carbons (Fsp3) is 0.727. The quantitative estimate of drug-likeness (QED) is 0.806. The molecule has 1 aromatic heterocycles. The lowest BCUT2D eigenvalue weighted by atomic mass is 9.98. The van der Waals surface area contributed by atoms with Crippen molar-refractivity contribution in [2.24, 2.45) is 0 Å². The van der Waals surface area contributed by atoms with Crippen molar-refractivity contribution in [1.82, 2.24) is 15.0 Å². The number of nitrogens with zero attached hydrogens (tertiary/aromatic N) is 3. The average molecular weight is 255 g/mol. The number of hydrogen-bond donors (Lipinski definition) is 0. The molecular weight excluding hydrogens is 238 g/mol. The predicted molar refractivity (Wildman–Crippen MR) is 61.0 cm³/mol. The molecule has 0 bridgehead atoms. The maximum Gasteiger partial charge on any atom is 0.409 e. The number of carbonyl (C=O) groups is 1. The lowest BCUT2D eigenvalue weighted by Gasteiger charge is -2.29. The largest absolute Gasteiger partial charge is 0.453 e. The Kier molecular flexibility index (Phi) is 4.14. The van der Waals surface area contributed by atoms with E-state index in [4.69, 9.17) is 14.0 Å². The summed E-state index contributed by atoms with van der Waals surface area (Å²) in [5, 5.41) is 3.83. The minimum Gasteiger partial charge on any atom is -0.453 e. The van der Waals surface area contributed by atoms with Crippen LogP contribution in [0.5, 0.6) is 0 Å². The molecule has 1 saturated heterocycles. The van der Waals surface area contributed by atoms with Crippen LogP contribution < -0.4 is 0 Å². The Morgan fingerprint density at radius 3 is 3.11 bits per heavy atom. The number of rotatable bonds is 3. The molecule has 0 aromatic carbocycles. The summed E-state index contributed by atoms with van der Waals surface area (Å²) in [5.41, 5.74) is 0. The predicted octanol–water partition coefficient (Wildman–Crippen LogP) is 1.16. The molecule has 0 saturated carbocycles. The first kappa shape index (κ1) is 12.8. The van der Waals surface area contributed by atoms with Crippen LogP contribution in [0.15, 0.2) is 4.52 Å². The molecule has 100 valence electrons. The van der Waals surface area contributed by atoms with Gasteiger partial charge in [0.05, 0.1) is 13.0 Å². The highest BCUT2D eigenvalue weighted by Crippen LogP contribution is 2.25. The third kappa shape index (κ3) is 2.79. The molecule has 0 radical (unpaired) electrons. The summed E-state index contributed by atoms with van der Waals surface area (Å²) in [5.74, 6) is 1.18. The Morgan fingerprint density at radius 1 is 1.56 bits per heavy atom. The molecule has 1 atom stereocenters. The van der Waals surface area contributed by atoms with Crippen molar-refractivity contribution in [2.75, 3.05) is 27.3 Å². The van der Waals surface area contributed by atoms with Crippen LogP contribution in [0.1, 0.15) is 30.5 Å². The molecule has 2 heterocycles. The van der Waals surface area contributed by atoms with Crippen molar-refractivity contribution >= 4 is 6.09 Å². The number of hydrogen-bond acceptors (Lipinski definition) is 6. The standard InChI is InChI=1S/C11H17N3O4/c1-16-7-9-12-10(18-13-9)8-4-3-5-14(6-8)11(15)17-2/h8H,3-7H2,1-2H3/t8-/m1/s1. The first-order valence-corrected chi connectivity index (χ1v) is 5.89. The molecule has 0 spiro atoms. The Labute approximate surface area is 105 Å². The number of aromatic nitrogens is 2. The molecule has 1 aliphatic rings.